The monoisotopic (exact) mass is 537 g/mol. The number of piperidine rings is 1. The van der Waals surface area contributed by atoms with Crippen LogP contribution in [0, 0.1) is 6.92 Å². The van der Waals surface area contributed by atoms with Crippen LogP contribution in [-0.2, 0) is 4.74 Å². The van der Waals surface area contributed by atoms with Crippen molar-refractivity contribution in [1.82, 2.24) is 20.5 Å². The highest BCUT2D eigenvalue weighted by Gasteiger charge is 2.20. The minimum absolute atomic E-state index is 0. The maximum absolute atomic E-state index is 12.0. The number of guanidine groups is 1. The fourth-order valence-electron chi connectivity index (χ4n) is 3.36. The number of thiazole rings is 1. The molecule has 1 aliphatic rings. The third-order valence-electron chi connectivity index (χ3n) is 4.94. The van der Waals surface area contributed by atoms with Gasteiger partial charge >= 0.3 is 5.97 Å². The number of ether oxygens (including phenoxy) is 1. The number of rotatable bonds is 8. The number of halogens is 1. The predicted molar refractivity (Wildman–Crippen MR) is 131 cm³/mol. The molecule has 29 heavy (non-hydrogen) atoms. The van der Waals surface area contributed by atoms with Crippen molar-refractivity contribution < 1.29 is 9.53 Å². The first-order valence-corrected chi connectivity index (χ1v) is 11.2. The lowest BCUT2D eigenvalue weighted by Gasteiger charge is -2.32. The van der Waals surface area contributed by atoms with Crippen LogP contribution in [-0.4, -0.2) is 60.6 Å². The van der Waals surface area contributed by atoms with Gasteiger partial charge in [0, 0.05) is 19.1 Å². The van der Waals surface area contributed by atoms with Gasteiger partial charge < -0.3 is 15.4 Å². The molecule has 2 N–H and O–H groups in total. The molecular weight excluding hydrogens is 501 g/mol. The van der Waals surface area contributed by atoms with Crippen LogP contribution in [0.4, 0.5) is 0 Å². The van der Waals surface area contributed by atoms with Crippen LogP contribution >= 0.6 is 35.3 Å². The molecule has 9 heteroatoms. The Morgan fingerprint density at radius 2 is 2.17 bits per heavy atom. The van der Waals surface area contributed by atoms with Gasteiger partial charge in [-0.1, -0.05) is 6.42 Å². The van der Waals surface area contributed by atoms with E-state index in [1.54, 1.807) is 0 Å². The van der Waals surface area contributed by atoms with Gasteiger partial charge in [-0.2, -0.15) is 0 Å². The van der Waals surface area contributed by atoms with Crippen LogP contribution in [0.5, 0.6) is 0 Å². The lowest BCUT2D eigenvalue weighted by molar-refractivity contribution is 0.0531. The lowest BCUT2D eigenvalue weighted by atomic mass is 10.0. The summed E-state index contributed by atoms with van der Waals surface area (Å²) in [6.07, 6.45) is 3.91. The molecule has 0 aromatic carbocycles. The van der Waals surface area contributed by atoms with E-state index >= 15 is 0 Å². The second-order valence-electron chi connectivity index (χ2n) is 7.19. The van der Waals surface area contributed by atoms with E-state index in [9.17, 15) is 4.79 Å². The quantitative estimate of drug-likeness (QED) is 0.228. The molecular formula is C20H36IN5O2S. The van der Waals surface area contributed by atoms with Crippen molar-refractivity contribution in [3.63, 3.8) is 0 Å². The molecule has 2 atom stereocenters. The van der Waals surface area contributed by atoms with Crippen molar-refractivity contribution in [1.29, 1.82) is 0 Å². The number of aromatic nitrogens is 1. The summed E-state index contributed by atoms with van der Waals surface area (Å²) in [7, 11) is 0. The van der Waals surface area contributed by atoms with Gasteiger partial charge in [0.05, 0.1) is 24.9 Å². The van der Waals surface area contributed by atoms with Crippen LogP contribution in [0.2, 0.25) is 0 Å². The van der Waals surface area contributed by atoms with Crippen LogP contribution in [0.3, 0.4) is 0 Å². The topological polar surface area (TPSA) is 78.9 Å². The van der Waals surface area contributed by atoms with Crippen molar-refractivity contribution >= 4 is 47.2 Å². The summed E-state index contributed by atoms with van der Waals surface area (Å²) >= 11 is 1.38. The smallest absolute Gasteiger partial charge is 0.350 e. The first-order chi connectivity index (χ1) is 13.5. The van der Waals surface area contributed by atoms with Crippen molar-refractivity contribution in [2.75, 3.05) is 32.8 Å². The number of likely N-dealkylation sites (tertiary alicyclic amines) is 1. The first kappa shape index (κ1) is 26.1. The molecule has 0 saturated carbocycles. The van der Waals surface area contributed by atoms with Gasteiger partial charge in [0.25, 0.3) is 0 Å². The molecule has 0 spiro atoms. The van der Waals surface area contributed by atoms with Crippen molar-refractivity contribution in [2.24, 2.45) is 4.99 Å². The lowest BCUT2D eigenvalue weighted by Crippen LogP contribution is -2.41. The van der Waals surface area contributed by atoms with E-state index < -0.39 is 0 Å². The van der Waals surface area contributed by atoms with Crippen LogP contribution in [0.15, 0.2) is 4.99 Å². The van der Waals surface area contributed by atoms with Gasteiger partial charge in [-0.05, 0) is 54.0 Å². The summed E-state index contributed by atoms with van der Waals surface area (Å²) in [5.74, 6) is 0.484. The van der Waals surface area contributed by atoms with Gasteiger partial charge in [-0.25, -0.2) is 9.78 Å². The minimum Gasteiger partial charge on any atom is -0.462 e. The Kier molecular flexibility index (Phi) is 12.0. The number of hydrogen-bond donors (Lipinski definition) is 2. The van der Waals surface area contributed by atoms with E-state index in [4.69, 9.17) is 9.73 Å². The molecule has 2 unspecified atom stereocenters. The summed E-state index contributed by atoms with van der Waals surface area (Å²) in [6.45, 7) is 14.1. The van der Waals surface area contributed by atoms with E-state index in [0.29, 0.717) is 23.2 Å². The molecule has 1 aromatic rings. The van der Waals surface area contributed by atoms with Crippen LogP contribution in [0.1, 0.15) is 73.4 Å². The molecule has 0 radical (unpaired) electrons. The summed E-state index contributed by atoms with van der Waals surface area (Å²) in [5, 5.41) is 7.57. The number of esters is 1. The van der Waals surface area contributed by atoms with Gasteiger partial charge in [0.2, 0.25) is 0 Å². The molecule has 166 valence electrons. The Labute approximate surface area is 196 Å². The van der Waals surface area contributed by atoms with Gasteiger partial charge in [0.1, 0.15) is 9.88 Å². The highest BCUT2D eigenvalue weighted by molar-refractivity contribution is 14.0. The second-order valence-corrected chi connectivity index (χ2v) is 8.23. The molecule has 0 aliphatic carbocycles. The Morgan fingerprint density at radius 1 is 1.41 bits per heavy atom. The number of carbonyl (C=O) groups excluding carboxylic acids is 1. The molecule has 2 rings (SSSR count). The SMILES string of the molecule is CCNC(=NCCN1CCCCC1C)NC(C)c1nc(C)c(C(=O)OCC)s1.I. The summed E-state index contributed by atoms with van der Waals surface area (Å²) in [4.78, 5) is 24.4. The molecule has 1 saturated heterocycles. The van der Waals surface area contributed by atoms with Gasteiger partial charge in [-0.15, -0.1) is 35.3 Å². The number of carbonyl (C=O) groups is 1. The zero-order chi connectivity index (χ0) is 20.5. The number of hydrogen-bond acceptors (Lipinski definition) is 6. The van der Waals surface area contributed by atoms with E-state index in [0.717, 1.165) is 30.6 Å². The average molecular weight is 538 g/mol. The fourth-order valence-corrected chi connectivity index (χ4v) is 4.32. The maximum atomic E-state index is 12.0. The van der Waals surface area contributed by atoms with E-state index in [1.807, 2.05) is 20.8 Å². The number of aliphatic imine (C=N–C) groups is 1. The van der Waals surface area contributed by atoms with Gasteiger partial charge in [0.15, 0.2) is 5.96 Å². The molecule has 2 heterocycles. The minimum atomic E-state index is -0.299. The Morgan fingerprint density at radius 3 is 2.83 bits per heavy atom. The second kappa shape index (κ2) is 13.4. The zero-order valence-corrected chi connectivity index (χ0v) is 21.4. The third kappa shape index (κ3) is 8.01. The van der Waals surface area contributed by atoms with Crippen molar-refractivity contribution in [3.8, 4) is 0 Å². The first-order valence-electron chi connectivity index (χ1n) is 10.4. The highest BCUT2D eigenvalue weighted by Crippen LogP contribution is 2.24. The molecule has 7 nitrogen and oxygen atoms in total. The maximum Gasteiger partial charge on any atom is 0.350 e. The van der Waals surface area contributed by atoms with Crippen molar-refractivity contribution in [2.45, 2.75) is 66.0 Å². The van der Waals surface area contributed by atoms with Crippen molar-refractivity contribution in [3.05, 3.63) is 15.6 Å². The number of aryl methyl sites for hydroxylation is 1. The normalized spacial score (nSPS) is 18.7. The Bertz CT molecular complexity index is 667. The summed E-state index contributed by atoms with van der Waals surface area (Å²) in [6, 6.07) is 0.608. The molecule has 0 bridgehead atoms. The average Bonchev–Trinajstić information content (AvgIpc) is 3.05. The third-order valence-corrected chi connectivity index (χ3v) is 6.26. The standard InChI is InChI=1S/C20H35N5O2S.HI/c1-6-21-20(22-11-13-25-12-9-8-10-14(25)3)24-16(5)18-23-15(4)17(28-18)19(26)27-7-2;/h14,16H,6-13H2,1-5H3,(H2,21,22,24);1H. The highest BCUT2D eigenvalue weighted by atomic mass is 127. The predicted octanol–water partition coefficient (Wildman–Crippen LogP) is 3.74. The molecule has 0 amide bonds. The van der Waals surface area contributed by atoms with Crippen LogP contribution < -0.4 is 10.6 Å². The zero-order valence-electron chi connectivity index (χ0n) is 18.3. The number of nitrogens with zero attached hydrogens (tertiary/aromatic N) is 3. The Hall–Kier alpha value is -0.940. The van der Waals surface area contributed by atoms with E-state index in [1.165, 1.54) is 37.1 Å². The summed E-state index contributed by atoms with van der Waals surface area (Å²) < 4.78 is 5.11. The van der Waals surface area contributed by atoms with Gasteiger partial charge in [-0.3, -0.25) is 9.89 Å². The Balaban J connectivity index is 0.00000420. The molecule has 1 fully saturated rings. The van der Waals surface area contributed by atoms with E-state index in [-0.39, 0.29) is 36.0 Å². The fraction of sp³-hybridized carbons (Fsp3) is 0.750. The molecule has 1 aliphatic heterocycles. The van der Waals surface area contributed by atoms with Crippen LogP contribution in [0.25, 0.3) is 0 Å². The summed E-state index contributed by atoms with van der Waals surface area (Å²) in [5.41, 5.74) is 0.716. The van der Waals surface area contributed by atoms with E-state index in [2.05, 4.69) is 34.4 Å². The number of nitrogens with one attached hydrogen (secondary N) is 2. The molecule has 1 aromatic heterocycles. The largest absolute Gasteiger partial charge is 0.462 e.